The van der Waals surface area contributed by atoms with Crippen molar-refractivity contribution in [1.82, 2.24) is 10.6 Å². The number of hydrogen-bond donors (Lipinski definition) is 1. The molecule has 0 aromatic heterocycles. The summed E-state index contributed by atoms with van der Waals surface area (Å²) in [7, 11) is 1.65. The zero-order valence-corrected chi connectivity index (χ0v) is 4.85. The van der Waals surface area contributed by atoms with Crippen LogP contribution in [-0.2, 0) is 4.79 Å². The van der Waals surface area contributed by atoms with Crippen molar-refractivity contribution < 1.29 is 4.79 Å². The predicted octanol–water partition coefficient (Wildman–Crippen LogP) is -1.03. The highest BCUT2D eigenvalue weighted by Crippen LogP contribution is 2.02. The highest BCUT2D eigenvalue weighted by molar-refractivity contribution is 5.79. The summed E-state index contributed by atoms with van der Waals surface area (Å²) in [6.45, 7) is 1.44. The summed E-state index contributed by atoms with van der Waals surface area (Å²) in [5.41, 5.74) is 0. The summed E-state index contributed by atoms with van der Waals surface area (Å²) in [6, 6.07) is 0. The van der Waals surface area contributed by atoms with E-state index in [2.05, 4.69) is 10.6 Å². The van der Waals surface area contributed by atoms with Crippen LogP contribution in [0.4, 0.5) is 0 Å². The highest BCUT2D eigenvalue weighted by Gasteiger charge is 2.24. The molecular weight excluding hydrogens is 104 g/mol. The molecule has 8 heavy (non-hydrogen) atoms. The maximum Gasteiger partial charge on any atom is 0.225 e. The van der Waals surface area contributed by atoms with Crippen molar-refractivity contribution in [2.75, 3.05) is 20.1 Å². The lowest BCUT2D eigenvalue weighted by Crippen LogP contribution is -2.45. The lowest BCUT2D eigenvalue weighted by atomic mass is 10.0. The Morgan fingerprint density at radius 3 is 2.50 bits per heavy atom. The Morgan fingerprint density at radius 2 is 2.38 bits per heavy atom. The summed E-state index contributed by atoms with van der Waals surface area (Å²) in [5.74, 6) is 0.306. The van der Waals surface area contributed by atoms with Crippen molar-refractivity contribution in [2.24, 2.45) is 5.92 Å². The minimum absolute atomic E-state index is 0.125. The quantitative estimate of drug-likeness (QED) is 0.464. The minimum atomic E-state index is 0.125. The Hall–Kier alpha value is -0.570. The summed E-state index contributed by atoms with van der Waals surface area (Å²) < 4.78 is 0. The normalized spacial score (nSPS) is 19.6. The van der Waals surface area contributed by atoms with Gasteiger partial charge in [-0.1, -0.05) is 0 Å². The number of carbonyl (C=O) groups is 1. The second-order valence-corrected chi connectivity index (χ2v) is 1.90. The van der Waals surface area contributed by atoms with Crippen LogP contribution in [0.2, 0.25) is 0 Å². The lowest BCUT2D eigenvalue weighted by Gasteiger charge is -2.22. The first-order chi connectivity index (χ1) is 3.84. The second-order valence-electron chi connectivity index (χ2n) is 1.90. The molecule has 1 amide bonds. The highest BCUT2D eigenvalue weighted by atomic mass is 16.1. The first kappa shape index (κ1) is 5.56. The Bertz CT molecular complexity index is 98.6. The van der Waals surface area contributed by atoms with Gasteiger partial charge in [-0.2, -0.15) is 0 Å². The van der Waals surface area contributed by atoms with Crippen molar-refractivity contribution >= 4 is 5.91 Å². The van der Waals surface area contributed by atoms with Gasteiger partial charge in [0.05, 0.1) is 5.92 Å². The Labute approximate surface area is 48.5 Å². The third kappa shape index (κ3) is 0.816. The predicted molar refractivity (Wildman–Crippen MR) is 29.4 cm³/mol. The van der Waals surface area contributed by atoms with Crippen LogP contribution in [0.25, 0.3) is 0 Å². The van der Waals surface area contributed by atoms with E-state index < -0.39 is 0 Å². The molecule has 1 fully saturated rings. The average Bonchev–Trinajstić information content (AvgIpc) is 1.62. The van der Waals surface area contributed by atoms with Gasteiger partial charge in [0.2, 0.25) is 5.91 Å². The van der Waals surface area contributed by atoms with Gasteiger partial charge in [-0.15, -0.1) is 0 Å². The molecule has 1 heterocycles. The largest absolute Gasteiger partial charge is 0.359 e. The number of nitrogens with zero attached hydrogens (tertiary/aromatic N) is 1. The topological polar surface area (TPSA) is 43.2 Å². The van der Waals surface area contributed by atoms with E-state index >= 15 is 0 Å². The van der Waals surface area contributed by atoms with Gasteiger partial charge in [-0.05, 0) is 0 Å². The monoisotopic (exact) mass is 113 g/mol. The molecule has 0 unspecified atom stereocenters. The average molecular weight is 113 g/mol. The molecule has 45 valence electrons. The number of hydrogen-bond acceptors (Lipinski definition) is 1. The van der Waals surface area contributed by atoms with E-state index in [0.29, 0.717) is 0 Å². The standard InChI is InChI=1S/C5H9N2O/c1-6-5(8)4-2-7-3-4/h4H,2-3H2,1H3,(H,6,8). The molecule has 1 aliphatic heterocycles. The molecule has 0 aromatic rings. The van der Waals surface area contributed by atoms with Crippen molar-refractivity contribution in [3.05, 3.63) is 0 Å². The van der Waals surface area contributed by atoms with Crippen LogP contribution in [-0.4, -0.2) is 26.0 Å². The van der Waals surface area contributed by atoms with Gasteiger partial charge in [-0.3, -0.25) is 4.79 Å². The fourth-order valence-electron chi connectivity index (χ4n) is 0.628. The molecule has 0 aromatic carbocycles. The van der Waals surface area contributed by atoms with Crippen LogP contribution < -0.4 is 10.6 Å². The third-order valence-corrected chi connectivity index (χ3v) is 1.32. The number of amides is 1. The van der Waals surface area contributed by atoms with Gasteiger partial charge in [0.25, 0.3) is 0 Å². The molecule has 1 radical (unpaired) electrons. The van der Waals surface area contributed by atoms with Crippen LogP contribution in [0.1, 0.15) is 0 Å². The van der Waals surface area contributed by atoms with Gasteiger partial charge in [0, 0.05) is 20.1 Å². The fraction of sp³-hybridized carbons (Fsp3) is 0.800. The van der Waals surface area contributed by atoms with Crippen molar-refractivity contribution in [2.45, 2.75) is 0 Å². The zero-order valence-electron chi connectivity index (χ0n) is 4.85. The molecule has 0 saturated carbocycles. The second kappa shape index (κ2) is 2.13. The van der Waals surface area contributed by atoms with E-state index in [4.69, 9.17) is 0 Å². The van der Waals surface area contributed by atoms with E-state index in [9.17, 15) is 4.79 Å². The molecule has 1 aliphatic rings. The van der Waals surface area contributed by atoms with Gasteiger partial charge in [0.1, 0.15) is 0 Å². The lowest BCUT2D eigenvalue weighted by molar-refractivity contribution is -0.125. The van der Waals surface area contributed by atoms with Gasteiger partial charge in [0.15, 0.2) is 0 Å². The van der Waals surface area contributed by atoms with Gasteiger partial charge < -0.3 is 5.32 Å². The van der Waals surface area contributed by atoms with E-state index in [0.717, 1.165) is 13.1 Å². The first-order valence-electron chi connectivity index (χ1n) is 2.69. The smallest absolute Gasteiger partial charge is 0.225 e. The molecule has 3 heteroatoms. The minimum Gasteiger partial charge on any atom is -0.359 e. The van der Waals surface area contributed by atoms with Crippen LogP contribution in [0.5, 0.6) is 0 Å². The van der Waals surface area contributed by atoms with Gasteiger partial charge >= 0.3 is 0 Å². The van der Waals surface area contributed by atoms with Crippen molar-refractivity contribution in [3.63, 3.8) is 0 Å². The van der Waals surface area contributed by atoms with Crippen molar-refractivity contribution in [3.8, 4) is 0 Å². The number of nitrogens with one attached hydrogen (secondary N) is 1. The first-order valence-corrected chi connectivity index (χ1v) is 2.69. The van der Waals surface area contributed by atoms with Gasteiger partial charge in [-0.25, -0.2) is 5.32 Å². The molecule has 1 saturated heterocycles. The Balaban J connectivity index is 2.24. The van der Waals surface area contributed by atoms with E-state index in [-0.39, 0.29) is 11.8 Å². The van der Waals surface area contributed by atoms with Crippen LogP contribution >= 0.6 is 0 Å². The van der Waals surface area contributed by atoms with E-state index in [1.165, 1.54) is 0 Å². The molecular formula is C5H9N2O. The summed E-state index contributed by atoms with van der Waals surface area (Å²) in [6.07, 6.45) is 0. The van der Waals surface area contributed by atoms with E-state index in [1.807, 2.05) is 0 Å². The Kier molecular flexibility index (Phi) is 1.48. The molecule has 1 rings (SSSR count). The third-order valence-electron chi connectivity index (χ3n) is 1.32. The molecule has 3 nitrogen and oxygen atoms in total. The molecule has 0 aliphatic carbocycles. The molecule has 0 spiro atoms. The van der Waals surface area contributed by atoms with Crippen LogP contribution in [0.3, 0.4) is 0 Å². The summed E-state index contributed by atoms with van der Waals surface area (Å²) in [4.78, 5) is 10.6. The van der Waals surface area contributed by atoms with Crippen LogP contribution in [0, 0.1) is 5.92 Å². The SMILES string of the molecule is CNC(=O)C1C[N]C1. The maximum atomic E-state index is 10.6. The molecule has 1 N–H and O–H groups in total. The zero-order chi connectivity index (χ0) is 5.98. The summed E-state index contributed by atoms with van der Waals surface area (Å²) in [5, 5.41) is 6.47. The summed E-state index contributed by atoms with van der Waals surface area (Å²) >= 11 is 0. The Morgan fingerprint density at radius 1 is 1.75 bits per heavy atom. The van der Waals surface area contributed by atoms with Crippen molar-refractivity contribution in [1.29, 1.82) is 0 Å². The molecule has 0 bridgehead atoms. The van der Waals surface area contributed by atoms with E-state index in [1.54, 1.807) is 7.05 Å². The maximum absolute atomic E-state index is 10.6. The number of rotatable bonds is 1. The fourth-order valence-corrected chi connectivity index (χ4v) is 0.628. The number of carbonyl (C=O) groups excluding carboxylic acids is 1. The molecule has 0 atom stereocenters. The van der Waals surface area contributed by atoms with Crippen LogP contribution in [0.15, 0.2) is 0 Å².